The summed E-state index contributed by atoms with van der Waals surface area (Å²) >= 11 is 9.43. The van der Waals surface area contributed by atoms with Crippen molar-refractivity contribution in [3.8, 4) is 0 Å². The predicted octanol–water partition coefficient (Wildman–Crippen LogP) is 4.76. The zero-order valence-electron chi connectivity index (χ0n) is 20.7. The van der Waals surface area contributed by atoms with Crippen molar-refractivity contribution >= 4 is 55.1 Å². The fraction of sp³-hybridized carbons (Fsp3) is 0.440. The molecular weight excluding hydrogens is 554 g/mol. The van der Waals surface area contributed by atoms with E-state index < -0.39 is 28.5 Å². The number of carbonyl (C=O) groups excluding carboxylic acids is 2. The number of nitrogens with zero attached hydrogens (tertiary/aromatic N) is 2. The van der Waals surface area contributed by atoms with Gasteiger partial charge in [-0.2, -0.15) is 0 Å². The molecule has 0 aliphatic carbocycles. The Morgan fingerprint density at radius 1 is 1.11 bits per heavy atom. The molecule has 1 N–H and O–H groups in total. The van der Waals surface area contributed by atoms with E-state index in [2.05, 4.69) is 21.2 Å². The van der Waals surface area contributed by atoms with Crippen LogP contribution >= 0.6 is 27.5 Å². The van der Waals surface area contributed by atoms with Crippen molar-refractivity contribution in [1.82, 2.24) is 10.2 Å². The molecule has 0 spiro atoms. The zero-order valence-corrected chi connectivity index (χ0v) is 23.9. The van der Waals surface area contributed by atoms with Gasteiger partial charge in [-0.25, -0.2) is 8.42 Å². The number of sulfonamides is 1. The first-order valence-corrected chi connectivity index (χ1v) is 14.4. The third-order valence-corrected chi connectivity index (χ3v) is 7.73. The minimum Gasteiger partial charge on any atom is -0.354 e. The Kier molecular flexibility index (Phi) is 10.6. The molecule has 2 aromatic rings. The van der Waals surface area contributed by atoms with Gasteiger partial charge in [0, 0.05) is 22.6 Å². The van der Waals surface area contributed by atoms with Crippen LogP contribution in [0.25, 0.3) is 0 Å². The van der Waals surface area contributed by atoms with Crippen LogP contribution in [-0.2, 0) is 26.2 Å². The van der Waals surface area contributed by atoms with E-state index >= 15 is 0 Å². The largest absolute Gasteiger partial charge is 0.354 e. The molecule has 35 heavy (non-hydrogen) atoms. The van der Waals surface area contributed by atoms with Gasteiger partial charge in [0.15, 0.2) is 0 Å². The topological polar surface area (TPSA) is 86.8 Å². The van der Waals surface area contributed by atoms with E-state index in [-0.39, 0.29) is 18.4 Å². The minimum atomic E-state index is -3.78. The van der Waals surface area contributed by atoms with Crippen molar-refractivity contribution in [1.29, 1.82) is 0 Å². The van der Waals surface area contributed by atoms with Crippen LogP contribution in [0, 0.1) is 12.8 Å². The van der Waals surface area contributed by atoms with E-state index in [1.807, 2.05) is 27.7 Å². The molecule has 0 unspecified atom stereocenters. The number of nitrogens with one attached hydrogen (secondary N) is 1. The molecule has 0 radical (unpaired) electrons. The second-order valence-corrected chi connectivity index (χ2v) is 12.1. The van der Waals surface area contributed by atoms with Gasteiger partial charge in [0.05, 0.1) is 11.9 Å². The molecule has 0 heterocycles. The van der Waals surface area contributed by atoms with Crippen LogP contribution in [0.2, 0.25) is 5.02 Å². The zero-order chi connectivity index (χ0) is 26.3. The highest BCUT2D eigenvalue weighted by Gasteiger charge is 2.31. The molecule has 7 nitrogen and oxygen atoms in total. The van der Waals surface area contributed by atoms with E-state index in [1.165, 1.54) is 4.90 Å². The maximum Gasteiger partial charge on any atom is 0.244 e. The van der Waals surface area contributed by atoms with Gasteiger partial charge < -0.3 is 10.2 Å². The molecule has 10 heteroatoms. The van der Waals surface area contributed by atoms with Crippen molar-refractivity contribution in [2.45, 2.75) is 46.7 Å². The van der Waals surface area contributed by atoms with E-state index in [4.69, 9.17) is 11.6 Å². The Morgan fingerprint density at radius 3 is 2.26 bits per heavy atom. The number of halogens is 2. The smallest absolute Gasteiger partial charge is 0.244 e. The number of anilines is 1. The molecular formula is C25H33BrClN3O4S. The molecule has 0 aliphatic heterocycles. The van der Waals surface area contributed by atoms with Gasteiger partial charge >= 0.3 is 0 Å². The van der Waals surface area contributed by atoms with Gasteiger partial charge in [0.25, 0.3) is 0 Å². The highest BCUT2D eigenvalue weighted by Crippen LogP contribution is 2.25. The predicted molar refractivity (Wildman–Crippen MR) is 145 cm³/mol. The third-order valence-electron chi connectivity index (χ3n) is 5.45. The van der Waals surface area contributed by atoms with Gasteiger partial charge in [0.1, 0.15) is 12.6 Å². The summed E-state index contributed by atoms with van der Waals surface area (Å²) in [6, 6.07) is 11.3. The van der Waals surface area contributed by atoms with E-state index in [0.717, 1.165) is 26.2 Å². The number of benzene rings is 2. The Labute approximate surface area is 222 Å². The summed E-state index contributed by atoms with van der Waals surface area (Å²) in [6.45, 7) is 7.83. The average molecular weight is 587 g/mol. The monoisotopic (exact) mass is 585 g/mol. The number of hydrogen-bond donors (Lipinski definition) is 1. The first kappa shape index (κ1) is 29.1. The van der Waals surface area contributed by atoms with Crippen LogP contribution in [0.1, 0.15) is 38.3 Å². The first-order chi connectivity index (χ1) is 16.3. The summed E-state index contributed by atoms with van der Waals surface area (Å²) in [5.74, 6) is -0.496. The molecule has 0 aromatic heterocycles. The SMILES string of the molecule is CC[C@H](C(=O)NCC(C)C)N(Cc1ccc(Cl)cc1)C(=O)CN(c1ccc(Br)c(C)c1)S(C)(=O)=O. The van der Waals surface area contributed by atoms with Crippen molar-refractivity contribution in [2.75, 3.05) is 23.7 Å². The summed E-state index contributed by atoms with van der Waals surface area (Å²) in [5.41, 5.74) is 2.00. The Hall–Kier alpha value is -2.10. The van der Waals surface area contributed by atoms with Crippen LogP contribution in [0.3, 0.4) is 0 Å². The van der Waals surface area contributed by atoms with Crippen LogP contribution in [0.15, 0.2) is 46.9 Å². The molecule has 2 aromatic carbocycles. The highest BCUT2D eigenvalue weighted by atomic mass is 79.9. The molecule has 0 saturated carbocycles. The minimum absolute atomic E-state index is 0.139. The molecule has 2 amide bonds. The van der Waals surface area contributed by atoms with Crippen molar-refractivity contribution in [3.63, 3.8) is 0 Å². The van der Waals surface area contributed by atoms with Crippen LogP contribution in [0.5, 0.6) is 0 Å². The molecule has 0 fully saturated rings. The molecule has 1 atom stereocenters. The Bertz CT molecular complexity index is 1140. The molecule has 192 valence electrons. The first-order valence-electron chi connectivity index (χ1n) is 11.4. The third kappa shape index (κ3) is 8.51. The second-order valence-electron chi connectivity index (χ2n) is 8.91. The van der Waals surface area contributed by atoms with Gasteiger partial charge in [-0.1, -0.05) is 60.4 Å². The fourth-order valence-corrected chi connectivity index (χ4v) is 4.74. The van der Waals surface area contributed by atoms with Crippen LogP contribution in [0.4, 0.5) is 5.69 Å². The van der Waals surface area contributed by atoms with Crippen molar-refractivity contribution in [2.24, 2.45) is 5.92 Å². The van der Waals surface area contributed by atoms with Crippen molar-refractivity contribution < 1.29 is 18.0 Å². The van der Waals surface area contributed by atoms with Gasteiger partial charge in [-0.05, 0) is 60.7 Å². The molecule has 2 rings (SSSR count). The lowest BCUT2D eigenvalue weighted by Gasteiger charge is -2.33. The molecule has 0 saturated heterocycles. The quantitative estimate of drug-likeness (QED) is 0.412. The van der Waals surface area contributed by atoms with Gasteiger partial charge in [-0.3, -0.25) is 13.9 Å². The Balaban J connectivity index is 2.43. The maximum atomic E-state index is 13.6. The number of hydrogen-bond acceptors (Lipinski definition) is 4. The van der Waals surface area contributed by atoms with Crippen LogP contribution < -0.4 is 9.62 Å². The molecule has 0 aliphatic rings. The van der Waals surface area contributed by atoms with Crippen molar-refractivity contribution in [3.05, 3.63) is 63.1 Å². The maximum absolute atomic E-state index is 13.6. The van der Waals surface area contributed by atoms with E-state index in [0.29, 0.717) is 23.7 Å². The Morgan fingerprint density at radius 2 is 1.74 bits per heavy atom. The lowest BCUT2D eigenvalue weighted by atomic mass is 10.1. The summed E-state index contributed by atoms with van der Waals surface area (Å²) in [4.78, 5) is 28.1. The second kappa shape index (κ2) is 12.7. The summed E-state index contributed by atoms with van der Waals surface area (Å²) in [6.07, 6.45) is 1.44. The standard InChI is InChI=1S/C25H33BrClN3O4S/c1-6-23(25(32)28-14-17(2)3)29(15-19-7-9-20(27)10-8-19)24(31)16-30(35(5,33)34)21-11-12-22(26)18(4)13-21/h7-13,17,23H,6,14-16H2,1-5H3,(H,28,32)/t23-/m1/s1. The highest BCUT2D eigenvalue weighted by molar-refractivity contribution is 9.10. The van der Waals surface area contributed by atoms with E-state index in [9.17, 15) is 18.0 Å². The molecule has 0 bridgehead atoms. The normalized spacial score (nSPS) is 12.3. The number of rotatable bonds is 11. The number of amides is 2. The summed E-state index contributed by atoms with van der Waals surface area (Å²) in [7, 11) is -3.78. The number of aryl methyl sites for hydroxylation is 1. The summed E-state index contributed by atoms with van der Waals surface area (Å²) in [5, 5.41) is 3.46. The fourth-order valence-electron chi connectivity index (χ4n) is 3.53. The summed E-state index contributed by atoms with van der Waals surface area (Å²) < 4.78 is 27.3. The van der Waals surface area contributed by atoms with E-state index in [1.54, 1.807) is 42.5 Å². The van der Waals surface area contributed by atoms with Gasteiger partial charge in [-0.15, -0.1) is 0 Å². The van der Waals surface area contributed by atoms with Gasteiger partial charge in [0.2, 0.25) is 21.8 Å². The number of carbonyl (C=O) groups is 2. The van der Waals surface area contributed by atoms with Crippen LogP contribution in [-0.4, -0.2) is 50.5 Å². The lowest BCUT2D eigenvalue weighted by molar-refractivity contribution is -0.140. The lowest BCUT2D eigenvalue weighted by Crippen LogP contribution is -2.52. The average Bonchev–Trinajstić information content (AvgIpc) is 2.78.